The average molecular weight is 446 g/mol. The van der Waals surface area contributed by atoms with Gasteiger partial charge in [0.25, 0.3) is 0 Å². The maximum absolute atomic E-state index is 14.2. The van der Waals surface area contributed by atoms with Gasteiger partial charge in [-0.25, -0.2) is 4.39 Å². The van der Waals surface area contributed by atoms with Gasteiger partial charge in [0.2, 0.25) is 11.8 Å². The summed E-state index contributed by atoms with van der Waals surface area (Å²) in [5, 5.41) is 2.86. The van der Waals surface area contributed by atoms with Crippen molar-refractivity contribution in [1.82, 2.24) is 20.2 Å². The molecule has 0 spiro atoms. The molecule has 2 amide bonds. The maximum Gasteiger partial charge on any atom is 0.239 e. The van der Waals surface area contributed by atoms with Crippen molar-refractivity contribution in [3.63, 3.8) is 0 Å². The van der Waals surface area contributed by atoms with E-state index >= 15 is 0 Å². The van der Waals surface area contributed by atoms with Gasteiger partial charge in [-0.1, -0.05) is 30.3 Å². The Bertz CT molecular complexity index is 1170. The number of ether oxygens (including phenoxy) is 1. The number of nitrogens with one attached hydrogen (secondary N) is 1. The minimum Gasteiger partial charge on any atom is -0.487 e. The molecular formula is C25H23FN4O3. The SMILES string of the molecule is O=C(CN1CC(c2ccccc2)CC1=O)NCC1Cc2cc(F)cc(-c3cnccn3)c2O1. The van der Waals surface area contributed by atoms with Crippen LogP contribution in [0.1, 0.15) is 23.5 Å². The summed E-state index contributed by atoms with van der Waals surface area (Å²) in [7, 11) is 0. The Morgan fingerprint density at radius 1 is 1.18 bits per heavy atom. The summed E-state index contributed by atoms with van der Waals surface area (Å²) in [6.07, 6.45) is 5.21. The molecule has 0 bridgehead atoms. The second-order valence-corrected chi connectivity index (χ2v) is 8.37. The third kappa shape index (κ3) is 4.55. The molecule has 1 aromatic heterocycles. The molecular weight excluding hydrogens is 423 g/mol. The molecule has 5 rings (SSSR count). The quantitative estimate of drug-likeness (QED) is 0.630. The molecule has 3 aromatic rings. The lowest BCUT2D eigenvalue weighted by Gasteiger charge is -2.18. The summed E-state index contributed by atoms with van der Waals surface area (Å²) in [5.41, 5.74) is 2.91. The van der Waals surface area contributed by atoms with E-state index in [1.165, 1.54) is 12.1 Å². The average Bonchev–Trinajstić information content (AvgIpc) is 3.41. The topological polar surface area (TPSA) is 84.4 Å². The van der Waals surface area contributed by atoms with Gasteiger partial charge in [0, 0.05) is 48.8 Å². The van der Waals surface area contributed by atoms with Crippen molar-refractivity contribution >= 4 is 11.8 Å². The normalized spacial score (nSPS) is 19.3. The summed E-state index contributed by atoms with van der Waals surface area (Å²) in [6.45, 7) is 0.808. The van der Waals surface area contributed by atoms with Crippen LogP contribution in [0.15, 0.2) is 61.1 Å². The summed E-state index contributed by atoms with van der Waals surface area (Å²) < 4.78 is 20.2. The van der Waals surface area contributed by atoms with Crippen LogP contribution in [0.2, 0.25) is 0 Å². The number of benzene rings is 2. The number of halogens is 1. The van der Waals surface area contributed by atoms with E-state index in [9.17, 15) is 14.0 Å². The number of amides is 2. The van der Waals surface area contributed by atoms with Gasteiger partial charge in [-0.15, -0.1) is 0 Å². The number of fused-ring (bicyclic) bond motifs is 1. The monoisotopic (exact) mass is 446 g/mol. The van der Waals surface area contributed by atoms with Crippen LogP contribution in [-0.4, -0.2) is 52.4 Å². The molecule has 2 aromatic carbocycles. The molecule has 2 unspecified atom stereocenters. The van der Waals surface area contributed by atoms with Gasteiger partial charge in [-0.2, -0.15) is 0 Å². The molecule has 2 aliphatic heterocycles. The fourth-order valence-electron chi connectivity index (χ4n) is 4.47. The zero-order valence-electron chi connectivity index (χ0n) is 17.9. The van der Waals surface area contributed by atoms with Gasteiger partial charge >= 0.3 is 0 Å². The van der Waals surface area contributed by atoms with Gasteiger partial charge < -0.3 is 15.0 Å². The first-order valence-electron chi connectivity index (χ1n) is 10.9. The van der Waals surface area contributed by atoms with Crippen molar-refractivity contribution in [3.05, 3.63) is 78.0 Å². The fraction of sp³-hybridized carbons (Fsp3) is 0.280. The molecule has 0 radical (unpaired) electrons. The van der Waals surface area contributed by atoms with E-state index in [4.69, 9.17) is 4.74 Å². The standard InChI is InChI=1S/C25H23FN4O3/c26-19-8-17-9-20(33-25(17)21(11-19)22-13-27-6-7-28-22)12-29-23(31)15-30-14-18(10-24(30)32)16-4-2-1-3-5-16/h1-8,11,13,18,20H,9-10,12,14-15H2,(H,29,31). The van der Waals surface area contributed by atoms with E-state index in [0.717, 1.165) is 11.1 Å². The van der Waals surface area contributed by atoms with Crippen LogP contribution in [-0.2, 0) is 16.0 Å². The Labute approximate surface area is 190 Å². The van der Waals surface area contributed by atoms with Crippen LogP contribution < -0.4 is 10.1 Å². The van der Waals surface area contributed by atoms with Crippen molar-refractivity contribution in [3.8, 4) is 17.0 Å². The van der Waals surface area contributed by atoms with Gasteiger partial charge in [-0.05, 0) is 17.7 Å². The van der Waals surface area contributed by atoms with Crippen molar-refractivity contribution in [2.45, 2.75) is 24.9 Å². The molecule has 2 atom stereocenters. The first-order valence-corrected chi connectivity index (χ1v) is 10.9. The first-order chi connectivity index (χ1) is 16.1. The van der Waals surface area contributed by atoms with Gasteiger partial charge in [0.15, 0.2) is 0 Å². The van der Waals surface area contributed by atoms with Crippen LogP contribution in [0.3, 0.4) is 0 Å². The highest BCUT2D eigenvalue weighted by Gasteiger charge is 2.32. The zero-order valence-corrected chi connectivity index (χ0v) is 17.9. The number of nitrogens with zero attached hydrogens (tertiary/aromatic N) is 3. The smallest absolute Gasteiger partial charge is 0.239 e. The number of likely N-dealkylation sites (tertiary alicyclic amines) is 1. The highest BCUT2D eigenvalue weighted by Crippen LogP contribution is 2.38. The summed E-state index contributed by atoms with van der Waals surface area (Å²) in [4.78, 5) is 34.8. The van der Waals surface area contributed by atoms with Crippen molar-refractivity contribution < 1.29 is 18.7 Å². The van der Waals surface area contributed by atoms with Crippen molar-refractivity contribution in [2.75, 3.05) is 19.6 Å². The van der Waals surface area contributed by atoms with Crippen LogP contribution >= 0.6 is 0 Å². The molecule has 33 heavy (non-hydrogen) atoms. The van der Waals surface area contributed by atoms with Gasteiger partial charge in [0.05, 0.1) is 25.0 Å². The van der Waals surface area contributed by atoms with E-state index in [1.54, 1.807) is 23.5 Å². The van der Waals surface area contributed by atoms with Crippen LogP contribution in [0.25, 0.3) is 11.3 Å². The first kappa shape index (κ1) is 21.1. The second-order valence-electron chi connectivity index (χ2n) is 8.37. The van der Waals surface area contributed by atoms with Gasteiger partial charge in [0.1, 0.15) is 17.7 Å². The number of hydrogen-bond donors (Lipinski definition) is 1. The summed E-state index contributed by atoms with van der Waals surface area (Å²) in [5.74, 6) is 0.0397. The van der Waals surface area contributed by atoms with Crippen LogP contribution in [0, 0.1) is 5.82 Å². The molecule has 3 heterocycles. The van der Waals surface area contributed by atoms with Crippen LogP contribution in [0.5, 0.6) is 5.75 Å². The molecule has 8 heteroatoms. The lowest BCUT2D eigenvalue weighted by molar-refractivity contribution is -0.133. The van der Waals surface area contributed by atoms with Crippen molar-refractivity contribution in [2.24, 2.45) is 0 Å². The third-order valence-corrected chi connectivity index (χ3v) is 6.05. The number of carbonyl (C=O) groups is 2. The second kappa shape index (κ2) is 8.97. The lowest BCUT2D eigenvalue weighted by atomic mass is 9.99. The molecule has 7 nitrogen and oxygen atoms in total. The van der Waals surface area contributed by atoms with Crippen LogP contribution in [0.4, 0.5) is 4.39 Å². The number of aromatic nitrogens is 2. The number of carbonyl (C=O) groups excluding carboxylic acids is 2. The molecule has 1 N–H and O–H groups in total. The van der Waals surface area contributed by atoms with E-state index in [2.05, 4.69) is 15.3 Å². The minimum atomic E-state index is -0.372. The molecule has 1 fully saturated rings. The van der Waals surface area contributed by atoms with E-state index in [0.29, 0.717) is 36.4 Å². The Morgan fingerprint density at radius 2 is 2.03 bits per heavy atom. The predicted molar refractivity (Wildman–Crippen MR) is 119 cm³/mol. The molecule has 168 valence electrons. The van der Waals surface area contributed by atoms with E-state index in [-0.39, 0.29) is 42.7 Å². The zero-order chi connectivity index (χ0) is 22.8. The Kier molecular flexibility index (Phi) is 5.73. The molecule has 0 aliphatic carbocycles. The highest BCUT2D eigenvalue weighted by molar-refractivity contribution is 5.86. The minimum absolute atomic E-state index is 0.0152. The number of rotatable bonds is 6. The number of hydrogen-bond acceptors (Lipinski definition) is 5. The molecule has 2 aliphatic rings. The molecule has 0 saturated carbocycles. The van der Waals surface area contributed by atoms with E-state index < -0.39 is 0 Å². The Morgan fingerprint density at radius 3 is 2.82 bits per heavy atom. The Balaban J connectivity index is 1.18. The summed E-state index contributed by atoms with van der Waals surface area (Å²) >= 11 is 0. The summed E-state index contributed by atoms with van der Waals surface area (Å²) in [6, 6.07) is 12.7. The molecule has 1 saturated heterocycles. The van der Waals surface area contributed by atoms with Gasteiger partial charge in [-0.3, -0.25) is 19.6 Å². The van der Waals surface area contributed by atoms with E-state index in [1.807, 2.05) is 30.3 Å². The Hall–Kier alpha value is -3.81. The lowest BCUT2D eigenvalue weighted by Crippen LogP contribution is -2.41. The largest absolute Gasteiger partial charge is 0.487 e. The maximum atomic E-state index is 14.2. The third-order valence-electron chi connectivity index (χ3n) is 6.05. The highest BCUT2D eigenvalue weighted by atomic mass is 19.1. The fourth-order valence-corrected chi connectivity index (χ4v) is 4.47. The predicted octanol–water partition coefficient (Wildman–Crippen LogP) is 2.72. The van der Waals surface area contributed by atoms with Crippen molar-refractivity contribution in [1.29, 1.82) is 0 Å².